The first kappa shape index (κ1) is 19.5. The molecular formula is C23H26ClNO2. The van der Waals surface area contributed by atoms with E-state index in [9.17, 15) is 9.90 Å². The van der Waals surface area contributed by atoms with Gasteiger partial charge in [0.05, 0.1) is 11.1 Å². The molecule has 0 saturated carbocycles. The smallest absolute Gasteiger partial charge is 0.256 e. The van der Waals surface area contributed by atoms with E-state index in [1.54, 1.807) is 0 Å². The van der Waals surface area contributed by atoms with E-state index >= 15 is 0 Å². The molecule has 1 heterocycles. The molecule has 1 unspecified atom stereocenters. The number of carbonyl (C=O) groups is 1. The molecular weight excluding hydrogens is 358 g/mol. The lowest BCUT2D eigenvalue weighted by Gasteiger charge is -2.29. The Bertz CT molecular complexity index is 928. The quantitative estimate of drug-likeness (QED) is 0.712. The highest BCUT2D eigenvalue weighted by Crippen LogP contribution is 2.39. The molecule has 4 heteroatoms. The van der Waals surface area contributed by atoms with Crippen molar-refractivity contribution in [3.8, 4) is 11.1 Å². The van der Waals surface area contributed by atoms with Crippen LogP contribution in [-0.4, -0.2) is 16.6 Å². The van der Waals surface area contributed by atoms with Gasteiger partial charge in [0.25, 0.3) is 5.91 Å². The molecule has 0 radical (unpaired) electrons. The molecule has 0 spiro atoms. The van der Waals surface area contributed by atoms with Crippen LogP contribution in [0.2, 0.25) is 5.02 Å². The van der Waals surface area contributed by atoms with Gasteiger partial charge in [0.15, 0.2) is 0 Å². The Hall–Kier alpha value is -2.26. The van der Waals surface area contributed by atoms with E-state index in [1.807, 2.05) is 52.0 Å². The van der Waals surface area contributed by atoms with Crippen LogP contribution in [0.5, 0.6) is 0 Å². The van der Waals surface area contributed by atoms with E-state index in [0.29, 0.717) is 10.6 Å². The molecule has 0 fully saturated rings. The summed E-state index contributed by atoms with van der Waals surface area (Å²) in [5, 5.41) is 14.6. The van der Waals surface area contributed by atoms with Crippen molar-refractivity contribution in [2.75, 3.05) is 0 Å². The number of nitrogens with one attached hydrogen (secondary N) is 1. The first-order valence-electron chi connectivity index (χ1n) is 9.35. The molecule has 3 rings (SSSR count). The van der Waals surface area contributed by atoms with Gasteiger partial charge in [-0.25, -0.2) is 0 Å². The molecule has 0 saturated heterocycles. The Balaban J connectivity index is 2.18. The van der Waals surface area contributed by atoms with Gasteiger partial charge in [-0.1, -0.05) is 56.6 Å². The zero-order valence-electron chi connectivity index (χ0n) is 16.5. The first-order chi connectivity index (χ1) is 12.7. The van der Waals surface area contributed by atoms with Crippen LogP contribution in [0.25, 0.3) is 16.7 Å². The Morgan fingerprint density at radius 3 is 2.30 bits per heavy atom. The van der Waals surface area contributed by atoms with E-state index in [-0.39, 0.29) is 17.6 Å². The molecule has 2 aromatic rings. The predicted octanol–water partition coefficient (Wildman–Crippen LogP) is 5.69. The van der Waals surface area contributed by atoms with E-state index < -0.39 is 5.54 Å². The molecule has 2 N–H and O–H groups in total. The summed E-state index contributed by atoms with van der Waals surface area (Å²) in [6, 6.07) is 11.9. The molecule has 27 heavy (non-hydrogen) atoms. The minimum absolute atomic E-state index is 0.0812. The summed E-state index contributed by atoms with van der Waals surface area (Å²) < 4.78 is 0. The van der Waals surface area contributed by atoms with E-state index in [0.717, 1.165) is 34.2 Å². The lowest BCUT2D eigenvalue weighted by atomic mass is 9.84. The maximum absolute atomic E-state index is 12.8. The normalized spacial score (nSPS) is 19.7. The lowest BCUT2D eigenvalue weighted by Crippen LogP contribution is -2.46. The number of benzene rings is 2. The maximum Gasteiger partial charge on any atom is 0.256 e. The van der Waals surface area contributed by atoms with Crippen molar-refractivity contribution in [2.45, 2.75) is 46.6 Å². The minimum atomic E-state index is -0.737. The van der Waals surface area contributed by atoms with Crippen LogP contribution in [-0.2, 0) is 11.2 Å². The summed E-state index contributed by atoms with van der Waals surface area (Å²) >= 11 is 6.01. The van der Waals surface area contributed by atoms with Crippen molar-refractivity contribution in [1.82, 2.24) is 5.32 Å². The number of amides is 1. The molecule has 3 nitrogen and oxygen atoms in total. The fraction of sp³-hybridized carbons (Fsp3) is 0.348. The third-order valence-corrected chi connectivity index (χ3v) is 5.96. The zero-order chi connectivity index (χ0) is 19.9. The average Bonchev–Trinajstić information content (AvgIpc) is 2.85. The molecule has 2 aromatic carbocycles. The van der Waals surface area contributed by atoms with Gasteiger partial charge in [0.1, 0.15) is 5.76 Å². The highest BCUT2D eigenvalue weighted by molar-refractivity contribution is 6.30. The Morgan fingerprint density at radius 1 is 1.15 bits per heavy atom. The second kappa shape index (κ2) is 7.05. The van der Waals surface area contributed by atoms with Gasteiger partial charge in [-0.15, -0.1) is 0 Å². The van der Waals surface area contributed by atoms with Crippen LogP contribution in [0.1, 0.15) is 44.4 Å². The minimum Gasteiger partial charge on any atom is -0.509 e. The van der Waals surface area contributed by atoms with Crippen molar-refractivity contribution in [3.05, 3.63) is 63.9 Å². The van der Waals surface area contributed by atoms with Gasteiger partial charge in [0, 0.05) is 5.02 Å². The number of halogens is 1. The van der Waals surface area contributed by atoms with Crippen molar-refractivity contribution in [2.24, 2.45) is 5.92 Å². The van der Waals surface area contributed by atoms with E-state index in [4.69, 9.17) is 11.6 Å². The van der Waals surface area contributed by atoms with Gasteiger partial charge >= 0.3 is 0 Å². The molecule has 1 atom stereocenters. The van der Waals surface area contributed by atoms with Crippen molar-refractivity contribution in [3.63, 3.8) is 0 Å². The third kappa shape index (κ3) is 3.25. The number of rotatable bonds is 4. The summed E-state index contributed by atoms with van der Waals surface area (Å²) in [7, 11) is 0. The summed E-state index contributed by atoms with van der Waals surface area (Å²) in [5.41, 5.74) is 4.69. The molecule has 1 amide bonds. The largest absolute Gasteiger partial charge is 0.509 e. The van der Waals surface area contributed by atoms with Gasteiger partial charge in [-0.3, -0.25) is 4.79 Å². The number of aliphatic hydroxyl groups excluding tert-OH is 1. The SMILES string of the molecule is CCc1cc(-c2ccc(Cl)cc2)cc(C)c1C1=C(O)C(C)(C(C)C)NC1=O. The fourth-order valence-electron chi connectivity index (χ4n) is 3.68. The standard InChI is InChI=1S/C23H26ClNO2/c1-6-15-12-17(16-7-9-18(24)10-8-16)11-14(4)19(15)20-21(26)23(5,13(2)3)25-22(20)27/h7-13,26H,6H2,1-5H3,(H,25,27). The second-order valence-corrected chi connectivity index (χ2v) is 8.16. The van der Waals surface area contributed by atoms with E-state index in [2.05, 4.69) is 24.4 Å². The molecule has 142 valence electrons. The number of hydrogen-bond acceptors (Lipinski definition) is 2. The average molecular weight is 384 g/mol. The number of hydrogen-bond donors (Lipinski definition) is 2. The number of aryl methyl sites for hydroxylation is 2. The summed E-state index contributed by atoms with van der Waals surface area (Å²) in [6.07, 6.45) is 0.764. The number of carbonyl (C=O) groups excluding carboxylic acids is 1. The van der Waals surface area contributed by atoms with Gasteiger partial charge < -0.3 is 10.4 Å². The highest BCUT2D eigenvalue weighted by atomic mass is 35.5. The summed E-state index contributed by atoms with van der Waals surface area (Å²) in [5.74, 6) is 0.0120. The highest BCUT2D eigenvalue weighted by Gasteiger charge is 2.45. The molecule has 1 aliphatic heterocycles. The van der Waals surface area contributed by atoms with E-state index in [1.165, 1.54) is 0 Å². The first-order valence-corrected chi connectivity index (χ1v) is 9.72. The lowest BCUT2D eigenvalue weighted by molar-refractivity contribution is -0.116. The Kier molecular flexibility index (Phi) is 5.09. The molecule has 1 aliphatic rings. The second-order valence-electron chi connectivity index (χ2n) is 7.72. The number of aliphatic hydroxyl groups is 1. The van der Waals surface area contributed by atoms with Gasteiger partial charge in [-0.2, -0.15) is 0 Å². The van der Waals surface area contributed by atoms with Crippen molar-refractivity contribution >= 4 is 23.1 Å². The Labute approximate surface area is 166 Å². The van der Waals surface area contributed by atoms with Crippen LogP contribution in [0.3, 0.4) is 0 Å². The van der Waals surface area contributed by atoms with Crippen molar-refractivity contribution < 1.29 is 9.90 Å². The molecule has 0 bridgehead atoms. The fourth-order valence-corrected chi connectivity index (χ4v) is 3.81. The zero-order valence-corrected chi connectivity index (χ0v) is 17.2. The predicted molar refractivity (Wildman–Crippen MR) is 112 cm³/mol. The Morgan fingerprint density at radius 2 is 1.78 bits per heavy atom. The molecule has 0 aromatic heterocycles. The van der Waals surface area contributed by atoms with Gasteiger partial charge in [-0.05, 0) is 66.1 Å². The van der Waals surface area contributed by atoms with Crippen molar-refractivity contribution in [1.29, 1.82) is 0 Å². The summed E-state index contributed by atoms with van der Waals surface area (Å²) in [6.45, 7) is 9.93. The monoisotopic (exact) mass is 383 g/mol. The van der Waals surface area contributed by atoms with Crippen LogP contribution < -0.4 is 5.32 Å². The van der Waals surface area contributed by atoms with Crippen LogP contribution in [0, 0.1) is 12.8 Å². The molecule has 0 aliphatic carbocycles. The van der Waals surface area contributed by atoms with Crippen LogP contribution in [0.4, 0.5) is 0 Å². The van der Waals surface area contributed by atoms with Crippen LogP contribution >= 0.6 is 11.6 Å². The van der Waals surface area contributed by atoms with Gasteiger partial charge in [0.2, 0.25) is 0 Å². The third-order valence-electron chi connectivity index (χ3n) is 5.71. The summed E-state index contributed by atoms with van der Waals surface area (Å²) in [4.78, 5) is 12.8. The van der Waals surface area contributed by atoms with Crippen LogP contribution in [0.15, 0.2) is 42.2 Å². The topological polar surface area (TPSA) is 49.3 Å². The maximum atomic E-state index is 12.8.